The van der Waals surface area contributed by atoms with Gasteiger partial charge >= 0.3 is 0 Å². The van der Waals surface area contributed by atoms with E-state index in [0.29, 0.717) is 0 Å². The predicted molar refractivity (Wildman–Crippen MR) is 88.1 cm³/mol. The highest BCUT2D eigenvalue weighted by Crippen LogP contribution is 2.21. The number of anilines is 2. The van der Waals surface area contributed by atoms with Crippen molar-refractivity contribution < 1.29 is 0 Å². The number of hydrogen-bond donors (Lipinski definition) is 1. The van der Waals surface area contributed by atoms with Crippen LogP contribution in [0, 0.1) is 0 Å². The highest BCUT2D eigenvalue weighted by Gasteiger charge is 2.19. The number of aromatic nitrogens is 2. The van der Waals surface area contributed by atoms with Gasteiger partial charge in [0, 0.05) is 49.6 Å². The van der Waals surface area contributed by atoms with Gasteiger partial charge in [-0.25, -0.2) is 4.98 Å². The van der Waals surface area contributed by atoms with Crippen LogP contribution in [0.1, 0.15) is 5.69 Å². The molecule has 1 aliphatic heterocycles. The van der Waals surface area contributed by atoms with Gasteiger partial charge in [-0.1, -0.05) is 0 Å². The molecule has 0 aromatic carbocycles. The van der Waals surface area contributed by atoms with Crippen molar-refractivity contribution >= 4 is 27.4 Å². The smallest absolute Gasteiger partial charge is 0.151 e. The van der Waals surface area contributed by atoms with Crippen LogP contribution in [0.2, 0.25) is 0 Å². The fourth-order valence-corrected chi connectivity index (χ4v) is 2.76. The van der Waals surface area contributed by atoms with Crippen molar-refractivity contribution in [1.82, 2.24) is 14.9 Å². The maximum absolute atomic E-state index is 5.99. The topological polar surface area (TPSA) is 58.3 Å². The number of rotatable bonds is 3. The molecule has 6 heteroatoms. The monoisotopic (exact) mass is 347 g/mol. The lowest BCUT2D eigenvalue weighted by Crippen LogP contribution is -2.46. The highest BCUT2D eigenvalue weighted by molar-refractivity contribution is 9.10. The molecule has 0 amide bonds. The Bertz CT molecular complexity index is 593. The van der Waals surface area contributed by atoms with Crippen molar-refractivity contribution in [1.29, 1.82) is 0 Å². The molecule has 1 aliphatic rings. The first-order valence-corrected chi connectivity index (χ1v) is 7.80. The molecular formula is C15H18BrN5. The Kier molecular flexibility index (Phi) is 4.36. The largest absolute Gasteiger partial charge is 0.396 e. The number of hydrogen-bond acceptors (Lipinski definition) is 5. The Morgan fingerprint density at radius 2 is 1.90 bits per heavy atom. The van der Waals surface area contributed by atoms with Crippen molar-refractivity contribution in [3.8, 4) is 0 Å². The molecule has 1 saturated heterocycles. The lowest BCUT2D eigenvalue weighted by Gasteiger charge is -2.35. The zero-order valence-corrected chi connectivity index (χ0v) is 13.3. The molecular weight excluding hydrogens is 330 g/mol. The molecule has 0 atom stereocenters. The standard InChI is InChI=1S/C15H18BrN5/c16-12-3-4-13(19-10-12)11-20-6-8-21(9-7-20)15-14(17)2-1-5-18-15/h1-5,10H,6-9,11,17H2. The quantitative estimate of drug-likeness (QED) is 0.921. The molecule has 3 heterocycles. The van der Waals surface area contributed by atoms with Gasteiger partial charge in [-0.15, -0.1) is 0 Å². The number of nitrogens with zero attached hydrogens (tertiary/aromatic N) is 4. The minimum absolute atomic E-state index is 0.750. The average molecular weight is 348 g/mol. The highest BCUT2D eigenvalue weighted by atomic mass is 79.9. The van der Waals surface area contributed by atoms with Crippen LogP contribution >= 0.6 is 15.9 Å². The molecule has 2 N–H and O–H groups in total. The summed E-state index contributed by atoms with van der Waals surface area (Å²) in [5.74, 6) is 0.902. The van der Waals surface area contributed by atoms with Gasteiger partial charge in [-0.2, -0.15) is 0 Å². The first kappa shape index (κ1) is 14.3. The maximum Gasteiger partial charge on any atom is 0.151 e. The molecule has 0 saturated carbocycles. The van der Waals surface area contributed by atoms with E-state index in [2.05, 4.69) is 41.8 Å². The molecule has 0 spiro atoms. The Morgan fingerprint density at radius 3 is 2.57 bits per heavy atom. The Hall–Kier alpha value is -1.66. The van der Waals surface area contributed by atoms with Gasteiger partial charge in [-0.3, -0.25) is 9.88 Å². The van der Waals surface area contributed by atoms with Crippen LogP contribution in [0.4, 0.5) is 11.5 Å². The van der Waals surface area contributed by atoms with E-state index >= 15 is 0 Å². The van der Waals surface area contributed by atoms with Crippen LogP contribution in [0.5, 0.6) is 0 Å². The van der Waals surface area contributed by atoms with Crippen LogP contribution in [0.3, 0.4) is 0 Å². The number of pyridine rings is 2. The molecule has 0 bridgehead atoms. The van der Waals surface area contributed by atoms with Crippen LogP contribution in [0.15, 0.2) is 41.1 Å². The van der Waals surface area contributed by atoms with Gasteiger partial charge in [0.1, 0.15) is 0 Å². The van der Waals surface area contributed by atoms with Gasteiger partial charge in [0.2, 0.25) is 0 Å². The Labute approximate surface area is 132 Å². The number of piperazine rings is 1. The normalized spacial score (nSPS) is 16.1. The molecule has 2 aromatic heterocycles. The van der Waals surface area contributed by atoms with Crippen molar-refractivity contribution in [2.45, 2.75) is 6.54 Å². The summed E-state index contributed by atoms with van der Waals surface area (Å²) in [5.41, 5.74) is 7.84. The van der Waals surface area contributed by atoms with Gasteiger partial charge in [0.05, 0.1) is 11.4 Å². The van der Waals surface area contributed by atoms with E-state index < -0.39 is 0 Å². The molecule has 3 rings (SSSR count). The summed E-state index contributed by atoms with van der Waals surface area (Å²) < 4.78 is 1.02. The number of halogens is 1. The fraction of sp³-hybridized carbons (Fsp3) is 0.333. The summed E-state index contributed by atoms with van der Waals surface area (Å²) in [5, 5.41) is 0. The van der Waals surface area contributed by atoms with Crippen molar-refractivity contribution in [3.63, 3.8) is 0 Å². The lowest BCUT2D eigenvalue weighted by molar-refractivity contribution is 0.246. The SMILES string of the molecule is Nc1cccnc1N1CCN(Cc2ccc(Br)cn2)CC1. The van der Waals surface area contributed by atoms with Crippen LogP contribution in [0.25, 0.3) is 0 Å². The van der Waals surface area contributed by atoms with Crippen LogP contribution in [-0.2, 0) is 6.54 Å². The summed E-state index contributed by atoms with van der Waals surface area (Å²) in [6, 6.07) is 7.87. The van der Waals surface area contributed by atoms with Crippen molar-refractivity contribution in [3.05, 3.63) is 46.8 Å². The van der Waals surface area contributed by atoms with E-state index in [1.54, 1.807) is 6.20 Å². The molecule has 21 heavy (non-hydrogen) atoms. The third-order valence-corrected chi connectivity index (χ3v) is 4.13. The van der Waals surface area contributed by atoms with E-state index in [1.807, 2.05) is 24.4 Å². The third-order valence-electron chi connectivity index (χ3n) is 3.66. The summed E-state index contributed by atoms with van der Waals surface area (Å²) in [4.78, 5) is 13.5. The molecule has 5 nitrogen and oxygen atoms in total. The number of nitrogen functional groups attached to an aromatic ring is 1. The molecule has 1 fully saturated rings. The molecule has 110 valence electrons. The van der Waals surface area contributed by atoms with E-state index in [1.165, 1.54) is 0 Å². The zero-order valence-electron chi connectivity index (χ0n) is 11.7. The Balaban J connectivity index is 1.58. The molecule has 0 unspecified atom stereocenters. The fourth-order valence-electron chi connectivity index (χ4n) is 2.52. The van der Waals surface area contributed by atoms with Crippen molar-refractivity contribution in [2.75, 3.05) is 36.8 Å². The summed E-state index contributed by atoms with van der Waals surface area (Å²) in [6.07, 6.45) is 3.64. The summed E-state index contributed by atoms with van der Waals surface area (Å²) in [6.45, 7) is 4.76. The van der Waals surface area contributed by atoms with E-state index in [0.717, 1.165) is 54.4 Å². The third kappa shape index (κ3) is 3.51. The number of nitrogens with two attached hydrogens (primary N) is 1. The summed E-state index contributed by atoms with van der Waals surface area (Å²) >= 11 is 3.41. The van der Waals surface area contributed by atoms with Gasteiger partial charge in [-0.05, 0) is 40.2 Å². The van der Waals surface area contributed by atoms with Crippen LogP contribution in [-0.4, -0.2) is 41.0 Å². The van der Waals surface area contributed by atoms with Gasteiger partial charge in [0.15, 0.2) is 5.82 Å². The second-order valence-electron chi connectivity index (χ2n) is 5.15. The maximum atomic E-state index is 5.99. The lowest BCUT2D eigenvalue weighted by atomic mass is 10.2. The average Bonchev–Trinajstić information content (AvgIpc) is 2.51. The molecule has 0 aliphatic carbocycles. The second kappa shape index (κ2) is 6.41. The first-order chi connectivity index (χ1) is 10.2. The second-order valence-corrected chi connectivity index (χ2v) is 6.06. The summed E-state index contributed by atoms with van der Waals surface area (Å²) in [7, 11) is 0. The van der Waals surface area contributed by atoms with Gasteiger partial charge in [0.25, 0.3) is 0 Å². The van der Waals surface area contributed by atoms with E-state index in [9.17, 15) is 0 Å². The van der Waals surface area contributed by atoms with Crippen molar-refractivity contribution in [2.24, 2.45) is 0 Å². The zero-order chi connectivity index (χ0) is 14.7. The van der Waals surface area contributed by atoms with Crippen LogP contribution < -0.4 is 10.6 Å². The van der Waals surface area contributed by atoms with Gasteiger partial charge < -0.3 is 10.6 Å². The molecule has 2 aromatic rings. The Morgan fingerprint density at radius 1 is 1.10 bits per heavy atom. The predicted octanol–water partition coefficient (Wildman–Crippen LogP) is 2.14. The van der Waals surface area contributed by atoms with E-state index in [4.69, 9.17) is 5.73 Å². The minimum Gasteiger partial charge on any atom is -0.396 e. The van der Waals surface area contributed by atoms with E-state index in [-0.39, 0.29) is 0 Å². The molecule has 0 radical (unpaired) electrons. The minimum atomic E-state index is 0.750. The first-order valence-electron chi connectivity index (χ1n) is 7.00.